The van der Waals surface area contributed by atoms with Crippen molar-refractivity contribution in [2.75, 3.05) is 4.90 Å². The van der Waals surface area contributed by atoms with Gasteiger partial charge < -0.3 is 4.90 Å². The molecule has 1 aliphatic carbocycles. The second-order valence-corrected chi connectivity index (χ2v) is 5.42. The Kier molecular flexibility index (Phi) is 2.65. The molecule has 1 aromatic rings. The number of benzene rings is 1. The molecule has 2 fully saturated rings. The lowest BCUT2D eigenvalue weighted by Gasteiger charge is -2.31. The number of amides is 1. The van der Waals surface area contributed by atoms with E-state index in [1.807, 2.05) is 0 Å². The number of carbonyl (C=O) groups is 1. The van der Waals surface area contributed by atoms with Gasteiger partial charge in [-0.25, -0.2) is 0 Å². The zero-order chi connectivity index (χ0) is 11.8. The third-order valence-corrected chi connectivity index (χ3v) is 4.22. The highest BCUT2D eigenvalue weighted by molar-refractivity contribution is 5.96. The van der Waals surface area contributed by atoms with E-state index in [0.29, 0.717) is 17.9 Å². The number of anilines is 1. The zero-order valence-electron chi connectivity index (χ0n) is 10.4. The molecule has 2 unspecified atom stereocenters. The van der Waals surface area contributed by atoms with Crippen LogP contribution in [0.25, 0.3) is 0 Å². The van der Waals surface area contributed by atoms with Crippen molar-refractivity contribution < 1.29 is 4.79 Å². The predicted octanol–water partition coefficient (Wildman–Crippen LogP) is 3.29. The summed E-state index contributed by atoms with van der Waals surface area (Å²) in [6.45, 7) is 2.08. The van der Waals surface area contributed by atoms with Crippen molar-refractivity contribution in [3.8, 4) is 0 Å². The Morgan fingerprint density at radius 3 is 2.59 bits per heavy atom. The number of aryl methyl sites for hydroxylation is 1. The van der Waals surface area contributed by atoms with E-state index in [1.54, 1.807) is 0 Å². The number of hydrogen-bond donors (Lipinski definition) is 0. The minimum atomic E-state index is 0.325. The molecular weight excluding hydrogens is 210 g/mol. The summed E-state index contributed by atoms with van der Waals surface area (Å²) in [4.78, 5) is 14.2. The van der Waals surface area contributed by atoms with Gasteiger partial charge in [-0.15, -0.1) is 0 Å². The fourth-order valence-corrected chi connectivity index (χ4v) is 3.31. The molecule has 0 bridgehead atoms. The Morgan fingerprint density at radius 1 is 1.12 bits per heavy atom. The lowest BCUT2D eigenvalue weighted by Crippen LogP contribution is -2.36. The van der Waals surface area contributed by atoms with Gasteiger partial charge in [0.2, 0.25) is 5.91 Å². The van der Waals surface area contributed by atoms with Crippen LogP contribution in [-0.2, 0) is 4.79 Å². The summed E-state index contributed by atoms with van der Waals surface area (Å²) >= 11 is 0. The molecule has 0 N–H and O–H groups in total. The number of carbonyl (C=O) groups excluding carboxylic acids is 1. The highest BCUT2D eigenvalue weighted by Gasteiger charge is 2.41. The Bertz CT molecular complexity index is 423. The third kappa shape index (κ3) is 1.86. The van der Waals surface area contributed by atoms with Crippen LogP contribution >= 0.6 is 0 Å². The maximum Gasteiger partial charge on any atom is 0.227 e. The van der Waals surface area contributed by atoms with E-state index in [1.165, 1.54) is 31.2 Å². The quantitative estimate of drug-likeness (QED) is 0.723. The third-order valence-electron chi connectivity index (χ3n) is 4.22. The Hall–Kier alpha value is -1.31. The van der Waals surface area contributed by atoms with Crippen molar-refractivity contribution in [3.63, 3.8) is 0 Å². The molecule has 1 aliphatic heterocycles. The second kappa shape index (κ2) is 4.17. The first kappa shape index (κ1) is 10.8. The summed E-state index contributed by atoms with van der Waals surface area (Å²) in [5.41, 5.74) is 2.34. The van der Waals surface area contributed by atoms with Crippen LogP contribution in [-0.4, -0.2) is 11.9 Å². The van der Waals surface area contributed by atoms with Crippen LogP contribution < -0.4 is 4.90 Å². The molecule has 1 saturated carbocycles. The van der Waals surface area contributed by atoms with Gasteiger partial charge in [-0.1, -0.05) is 30.5 Å². The number of rotatable bonds is 1. The summed E-state index contributed by atoms with van der Waals surface area (Å²) in [7, 11) is 0. The van der Waals surface area contributed by atoms with Crippen LogP contribution in [0.5, 0.6) is 0 Å². The summed E-state index contributed by atoms with van der Waals surface area (Å²) in [6.07, 6.45) is 5.76. The first-order valence-corrected chi connectivity index (χ1v) is 6.64. The van der Waals surface area contributed by atoms with Crippen LogP contribution in [0.3, 0.4) is 0 Å². The van der Waals surface area contributed by atoms with Crippen molar-refractivity contribution in [2.45, 2.75) is 45.1 Å². The van der Waals surface area contributed by atoms with Crippen molar-refractivity contribution >= 4 is 11.6 Å². The molecule has 2 heteroatoms. The van der Waals surface area contributed by atoms with Gasteiger partial charge in [0, 0.05) is 18.2 Å². The van der Waals surface area contributed by atoms with Crippen LogP contribution in [0.1, 0.15) is 37.7 Å². The van der Waals surface area contributed by atoms with Gasteiger partial charge in [0.25, 0.3) is 0 Å². The first-order valence-electron chi connectivity index (χ1n) is 6.64. The molecule has 2 aliphatic rings. The smallest absolute Gasteiger partial charge is 0.227 e. The summed E-state index contributed by atoms with van der Waals surface area (Å²) < 4.78 is 0. The van der Waals surface area contributed by atoms with Gasteiger partial charge in [-0.3, -0.25) is 4.79 Å². The van der Waals surface area contributed by atoms with Crippen molar-refractivity contribution in [2.24, 2.45) is 5.92 Å². The van der Waals surface area contributed by atoms with Crippen molar-refractivity contribution in [3.05, 3.63) is 29.8 Å². The highest BCUT2D eigenvalue weighted by Crippen LogP contribution is 2.39. The topological polar surface area (TPSA) is 20.3 Å². The largest absolute Gasteiger partial charge is 0.309 e. The Morgan fingerprint density at radius 2 is 1.82 bits per heavy atom. The average molecular weight is 229 g/mol. The van der Waals surface area contributed by atoms with Gasteiger partial charge in [0.1, 0.15) is 0 Å². The van der Waals surface area contributed by atoms with Crippen LogP contribution in [0.15, 0.2) is 24.3 Å². The molecule has 0 spiro atoms. The molecule has 1 amide bonds. The minimum Gasteiger partial charge on any atom is -0.309 e. The first-order chi connectivity index (χ1) is 8.25. The summed E-state index contributed by atoms with van der Waals surface area (Å²) in [5, 5.41) is 0. The van der Waals surface area contributed by atoms with E-state index in [4.69, 9.17) is 0 Å². The van der Waals surface area contributed by atoms with E-state index >= 15 is 0 Å². The fraction of sp³-hybridized carbons (Fsp3) is 0.533. The van der Waals surface area contributed by atoms with Crippen LogP contribution in [0.4, 0.5) is 5.69 Å². The van der Waals surface area contributed by atoms with E-state index < -0.39 is 0 Å². The van der Waals surface area contributed by atoms with Crippen LogP contribution in [0.2, 0.25) is 0 Å². The molecule has 2 atom stereocenters. The Balaban J connectivity index is 1.90. The van der Waals surface area contributed by atoms with Crippen LogP contribution in [0, 0.1) is 12.8 Å². The predicted molar refractivity (Wildman–Crippen MR) is 69.0 cm³/mol. The second-order valence-electron chi connectivity index (χ2n) is 5.42. The Labute approximate surface area is 103 Å². The molecule has 2 nitrogen and oxygen atoms in total. The lowest BCUT2D eigenvalue weighted by molar-refractivity contribution is -0.117. The molecular formula is C15H19NO. The standard InChI is InChI=1S/C15H19NO/c1-11-6-8-13(9-7-11)16-14-5-3-2-4-12(14)10-15(16)17/h6-9,12,14H,2-5,10H2,1H3. The van der Waals surface area contributed by atoms with E-state index in [2.05, 4.69) is 36.1 Å². The number of nitrogens with zero attached hydrogens (tertiary/aromatic N) is 1. The maximum atomic E-state index is 12.2. The minimum absolute atomic E-state index is 0.325. The SMILES string of the molecule is Cc1ccc(N2C(=O)CC3CCCCC32)cc1. The van der Waals surface area contributed by atoms with E-state index in [9.17, 15) is 4.79 Å². The molecule has 1 aromatic carbocycles. The molecule has 1 saturated heterocycles. The summed E-state index contributed by atoms with van der Waals surface area (Å²) in [6, 6.07) is 8.84. The normalized spacial score (nSPS) is 28.3. The molecule has 0 radical (unpaired) electrons. The summed E-state index contributed by atoms with van der Waals surface area (Å²) in [5.74, 6) is 0.934. The number of hydrogen-bond acceptors (Lipinski definition) is 1. The van der Waals surface area contributed by atoms with Gasteiger partial charge in [0.05, 0.1) is 0 Å². The molecule has 90 valence electrons. The van der Waals surface area contributed by atoms with Gasteiger partial charge in [-0.2, -0.15) is 0 Å². The van der Waals surface area contributed by atoms with Gasteiger partial charge in [-0.05, 0) is 37.8 Å². The van der Waals surface area contributed by atoms with Crippen molar-refractivity contribution in [1.82, 2.24) is 0 Å². The van der Waals surface area contributed by atoms with E-state index in [0.717, 1.165) is 12.1 Å². The molecule has 0 aromatic heterocycles. The molecule has 3 rings (SSSR count). The van der Waals surface area contributed by atoms with Gasteiger partial charge >= 0.3 is 0 Å². The highest BCUT2D eigenvalue weighted by atomic mass is 16.2. The van der Waals surface area contributed by atoms with Gasteiger partial charge in [0.15, 0.2) is 0 Å². The maximum absolute atomic E-state index is 12.2. The molecule has 17 heavy (non-hydrogen) atoms. The fourth-order valence-electron chi connectivity index (χ4n) is 3.31. The lowest BCUT2D eigenvalue weighted by atomic mass is 9.85. The van der Waals surface area contributed by atoms with E-state index in [-0.39, 0.29) is 0 Å². The zero-order valence-corrected chi connectivity index (χ0v) is 10.4. The number of fused-ring (bicyclic) bond motifs is 1. The monoisotopic (exact) mass is 229 g/mol. The van der Waals surface area contributed by atoms with Crippen molar-refractivity contribution in [1.29, 1.82) is 0 Å². The molecule has 1 heterocycles. The average Bonchev–Trinajstić information content (AvgIpc) is 2.66.